The number of carbonyl (C=O) groups excluding carboxylic acids is 1. The molecule has 0 N–H and O–H groups in total. The van der Waals surface area contributed by atoms with Crippen LogP contribution in [0, 0.1) is 0 Å². The molecule has 0 spiro atoms. The van der Waals surface area contributed by atoms with Gasteiger partial charge in [-0.3, -0.25) is 9.78 Å². The number of allylic oxidation sites excluding steroid dienone is 1. The summed E-state index contributed by atoms with van der Waals surface area (Å²) in [6.45, 7) is -2.94. The summed E-state index contributed by atoms with van der Waals surface area (Å²) < 4.78 is 29.9. The Kier molecular flexibility index (Phi) is 4.61. The molecule has 3 aromatic rings. The molecule has 3 rings (SSSR count). The van der Waals surface area contributed by atoms with Gasteiger partial charge in [-0.25, -0.2) is 0 Å². The topological polar surface area (TPSA) is 39.2 Å². The molecular weight excluding hydrogens is 312 g/mol. The summed E-state index contributed by atoms with van der Waals surface area (Å²) in [7, 11) is 0. The van der Waals surface area contributed by atoms with Gasteiger partial charge in [-0.1, -0.05) is 30.3 Å². The number of benzene rings is 2. The van der Waals surface area contributed by atoms with E-state index in [4.69, 9.17) is 0 Å². The van der Waals surface area contributed by atoms with E-state index in [2.05, 4.69) is 9.72 Å². The molecule has 1 aromatic heterocycles. The molecule has 0 atom stereocenters. The minimum Gasteiger partial charge on any atom is -0.434 e. The number of fused-ring (bicyclic) bond motifs is 1. The smallest absolute Gasteiger partial charge is 0.387 e. The highest BCUT2D eigenvalue weighted by Gasteiger charge is 2.11. The third-order valence-corrected chi connectivity index (χ3v) is 3.49. The molecule has 0 aliphatic carbocycles. The molecule has 120 valence electrons. The molecule has 0 unspecified atom stereocenters. The molecule has 0 bridgehead atoms. The van der Waals surface area contributed by atoms with Crippen LogP contribution in [0.4, 0.5) is 8.78 Å². The number of aromatic nitrogens is 1. The van der Waals surface area contributed by atoms with Crippen molar-refractivity contribution in [3.8, 4) is 5.75 Å². The van der Waals surface area contributed by atoms with E-state index in [-0.39, 0.29) is 11.5 Å². The Labute approximate surface area is 137 Å². The lowest BCUT2D eigenvalue weighted by atomic mass is 10.0. The Morgan fingerprint density at radius 3 is 2.67 bits per heavy atom. The van der Waals surface area contributed by atoms with Crippen LogP contribution in [0.25, 0.3) is 16.8 Å². The zero-order chi connectivity index (χ0) is 16.9. The van der Waals surface area contributed by atoms with E-state index in [0.717, 1.165) is 10.8 Å². The van der Waals surface area contributed by atoms with Gasteiger partial charge in [0.1, 0.15) is 5.75 Å². The van der Waals surface area contributed by atoms with Crippen molar-refractivity contribution in [2.24, 2.45) is 0 Å². The number of ether oxygens (including phenoxy) is 1. The monoisotopic (exact) mass is 325 g/mol. The van der Waals surface area contributed by atoms with Gasteiger partial charge < -0.3 is 4.74 Å². The van der Waals surface area contributed by atoms with E-state index in [0.29, 0.717) is 11.1 Å². The predicted molar refractivity (Wildman–Crippen MR) is 88.2 cm³/mol. The summed E-state index contributed by atoms with van der Waals surface area (Å²) in [6, 6.07) is 13.8. The van der Waals surface area contributed by atoms with Crippen LogP contribution in [-0.4, -0.2) is 17.4 Å². The number of halogens is 2. The fourth-order valence-electron chi connectivity index (χ4n) is 2.41. The number of alkyl halides is 2. The fourth-order valence-corrected chi connectivity index (χ4v) is 2.41. The number of nitrogens with zero attached hydrogens (tertiary/aromatic N) is 1. The van der Waals surface area contributed by atoms with E-state index < -0.39 is 6.61 Å². The van der Waals surface area contributed by atoms with Gasteiger partial charge in [0.25, 0.3) is 0 Å². The summed E-state index contributed by atoms with van der Waals surface area (Å²) >= 11 is 0. The SMILES string of the molecule is O=C(/C=C/c1c(OC(F)F)ccc2ccccc12)c1cccnc1. The minimum absolute atomic E-state index is 0.0268. The van der Waals surface area contributed by atoms with Crippen LogP contribution in [0.15, 0.2) is 67.0 Å². The van der Waals surface area contributed by atoms with Crippen molar-refractivity contribution in [1.82, 2.24) is 4.98 Å². The number of carbonyl (C=O) groups is 1. The summed E-state index contributed by atoms with van der Waals surface area (Å²) in [5, 5.41) is 1.60. The molecule has 1 heterocycles. The lowest BCUT2D eigenvalue weighted by Crippen LogP contribution is -2.03. The van der Waals surface area contributed by atoms with E-state index in [1.807, 2.05) is 12.1 Å². The van der Waals surface area contributed by atoms with Gasteiger partial charge >= 0.3 is 6.61 Å². The Hall–Kier alpha value is -3.08. The van der Waals surface area contributed by atoms with Crippen molar-refractivity contribution in [3.05, 3.63) is 78.1 Å². The van der Waals surface area contributed by atoms with Crippen molar-refractivity contribution in [2.75, 3.05) is 0 Å². The number of ketones is 1. The molecular formula is C19H13F2NO2. The highest BCUT2D eigenvalue weighted by Crippen LogP contribution is 2.30. The molecule has 24 heavy (non-hydrogen) atoms. The van der Waals surface area contributed by atoms with Crippen molar-refractivity contribution >= 4 is 22.6 Å². The van der Waals surface area contributed by atoms with Crippen LogP contribution in [-0.2, 0) is 0 Å². The van der Waals surface area contributed by atoms with Crippen molar-refractivity contribution in [2.45, 2.75) is 6.61 Å². The maximum Gasteiger partial charge on any atom is 0.387 e. The second-order valence-electron chi connectivity index (χ2n) is 5.02. The molecule has 0 aliphatic rings. The molecule has 0 saturated heterocycles. The van der Waals surface area contributed by atoms with Crippen LogP contribution >= 0.6 is 0 Å². The van der Waals surface area contributed by atoms with Crippen LogP contribution in [0.3, 0.4) is 0 Å². The highest BCUT2D eigenvalue weighted by molar-refractivity contribution is 6.08. The molecule has 0 fully saturated rings. The summed E-state index contributed by atoms with van der Waals surface area (Å²) in [6.07, 6.45) is 5.85. The van der Waals surface area contributed by atoms with Crippen LogP contribution < -0.4 is 4.74 Å². The van der Waals surface area contributed by atoms with Crippen molar-refractivity contribution in [1.29, 1.82) is 0 Å². The quantitative estimate of drug-likeness (QED) is 0.503. The third-order valence-electron chi connectivity index (χ3n) is 3.49. The fraction of sp³-hybridized carbons (Fsp3) is 0.0526. The number of hydrogen-bond acceptors (Lipinski definition) is 3. The molecule has 0 amide bonds. The second-order valence-corrected chi connectivity index (χ2v) is 5.02. The zero-order valence-corrected chi connectivity index (χ0v) is 12.5. The lowest BCUT2D eigenvalue weighted by Gasteiger charge is -2.11. The minimum atomic E-state index is -2.94. The number of hydrogen-bond donors (Lipinski definition) is 0. The normalized spacial score (nSPS) is 11.3. The van der Waals surface area contributed by atoms with E-state index in [1.54, 1.807) is 36.5 Å². The largest absolute Gasteiger partial charge is 0.434 e. The van der Waals surface area contributed by atoms with E-state index in [9.17, 15) is 13.6 Å². The molecule has 2 aromatic carbocycles. The standard InChI is InChI=1S/C19H13F2NO2/c20-19(21)24-18-10-7-13-4-1-2-6-15(13)16(18)8-9-17(23)14-5-3-11-22-12-14/h1-12,19H/b9-8+. The molecule has 5 heteroatoms. The van der Waals surface area contributed by atoms with Gasteiger partial charge in [-0.15, -0.1) is 0 Å². The van der Waals surface area contributed by atoms with Gasteiger partial charge in [0, 0.05) is 23.5 Å². The number of rotatable bonds is 5. The molecule has 3 nitrogen and oxygen atoms in total. The molecule has 0 saturated carbocycles. The zero-order valence-electron chi connectivity index (χ0n) is 12.5. The van der Waals surface area contributed by atoms with Crippen molar-refractivity contribution in [3.63, 3.8) is 0 Å². The van der Waals surface area contributed by atoms with Crippen LogP contribution in [0.5, 0.6) is 5.75 Å². The van der Waals surface area contributed by atoms with E-state index in [1.165, 1.54) is 24.4 Å². The summed E-state index contributed by atoms with van der Waals surface area (Å²) in [5.41, 5.74) is 0.857. The van der Waals surface area contributed by atoms with Crippen LogP contribution in [0.2, 0.25) is 0 Å². The third kappa shape index (κ3) is 3.46. The Morgan fingerprint density at radius 2 is 1.92 bits per heavy atom. The first-order valence-electron chi connectivity index (χ1n) is 7.24. The average Bonchev–Trinajstić information content (AvgIpc) is 2.60. The average molecular weight is 325 g/mol. The molecule has 0 aliphatic heterocycles. The van der Waals surface area contributed by atoms with Gasteiger partial charge in [0.05, 0.1) is 0 Å². The highest BCUT2D eigenvalue weighted by atomic mass is 19.3. The molecule has 0 radical (unpaired) electrons. The maximum absolute atomic E-state index is 12.6. The Balaban J connectivity index is 2.03. The Morgan fingerprint density at radius 1 is 1.08 bits per heavy atom. The van der Waals surface area contributed by atoms with Gasteiger partial charge in [0.15, 0.2) is 5.78 Å². The van der Waals surface area contributed by atoms with E-state index >= 15 is 0 Å². The first-order chi connectivity index (χ1) is 11.6. The van der Waals surface area contributed by atoms with Crippen LogP contribution in [0.1, 0.15) is 15.9 Å². The summed E-state index contributed by atoms with van der Waals surface area (Å²) in [4.78, 5) is 16.1. The second kappa shape index (κ2) is 7.00. The first kappa shape index (κ1) is 15.8. The van der Waals surface area contributed by atoms with Gasteiger partial charge in [-0.2, -0.15) is 8.78 Å². The number of pyridine rings is 1. The van der Waals surface area contributed by atoms with Gasteiger partial charge in [0.2, 0.25) is 0 Å². The first-order valence-corrected chi connectivity index (χ1v) is 7.24. The predicted octanol–water partition coefficient (Wildman–Crippen LogP) is 4.73. The van der Waals surface area contributed by atoms with Gasteiger partial charge in [-0.05, 0) is 41.1 Å². The summed E-state index contributed by atoms with van der Waals surface area (Å²) in [5.74, 6) is -0.238. The maximum atomic E-state index is 12.6. The Bertz CT molecular complexity index is 892. The van der Waals surface area contributed by atoms with Crippen molar-refractivity contribution < 1.29 is 18.3 Å². The lowest BCUT2D eigenvalue weighted by molar-refractivity contribution is -0.0498.